The van der Waals surface area contributed by atoms with Gasteiger partial charge in [0.1, 0.15) is 17.3 Å². The van der Waals surface area contributed by atoms with Crippen molar-refractivity contribution in [3.63, 3.8) is 0 Å². The summed E-state index contributed by atoms with van der Waals surface area (Å²) in [6, 6.07) is 7.57. The Balaban J connectivity index is 1.82. The summed E-state index contributed by atoms with van der Waals surface area (Å²) in [5.74, 6) is 0.738. The summed E-state index contributed by atoms with van der Waals surface area (Å²) in [6.45, 7) is 2.22. The standard InChI is InChI=1S/C14H17N3OS2/c1-17(8-11-9-20-10-16-11)6-7-18-13-5-3-2-4-12(13)14(15)19/h2-5,9-10H,6-8H2,1H3,(H2,15,19). The van der Waals surface area contributed by atoms with Crippen molar-refractivity contribution in [2.75, 3.05) is 20.2 Å². The van der Waals surface area contributed by atoms with Crippen LogP contribution in [0.4, 0.5) is 0 Å². The Labute approximate surface area is 128 Å². The molecule has 0 spiro atoms. The normalized spacial score (nSPS) is 10.7. The molecule has 2 rings (SSSR count). The van der Waals surface area contributed by atoms with Crippen molar-refractivity contribution in [3.05, 3.63) is 46.4 Å². The lowest BCUT2D eigenvalue weighted by atomic mass is 10.2. The minimum absolute atomic E-state index is 0.358. The topological polar surface area (TPSA) is 51.4 Å². The van der Waals surface area contributed by atoms with Crippen molar-refractivity contribution < 1.29 is 4.74 Å². The predicted molar refractivity (Wildman–Crippen MR) is 86.3 cm³/mol. The predicted octanol–water partition coefficient (Wildman–Crippen LogP) is 2.29. The second kappa shape index (κ2) is 7.33. The molecule has 20 heavy (non-hydrogen) atoms. The monoisotopic (exact) mass is 307 g/mol. The van der Waals surface area contributed by atoms with Crippen LogP contribution >= 0.6 is 23.6 Å². The molecule has 0 aliphatic heterocycles. The lowest BCUT2D eigenvalue weighted by molar-refractivity contribution is 0.231. The van der Waals surface area contributed by atoms with Gasteiger partial charge in [0.2, 0.25) is 0 Å². The molecule has 0 saturated heterocycles. The van der Waals surface area contributed by atoms with E-state index in [-0.39, 0.29) is 0 Å². The molecule has 2 N–H and O–H groups in total. The van der Waals surface area contributed by atoms with Gasteiger partial charge in [0, 0.05) is 18.5 Å². The molecule has 106 valence electrons. The van der Waals surface area contributed by atoms with Crippen LogP contribution in [0.2, 0.25) is 0 Å². The van der Waals surface area contributed by atoms with Crippen LogP contribution in [0.15, 0.2) is 35.2 Å². The molecular formula is C14H17N3OS2. The maximum atomic E-state index is 5.76. The van der Waals surface area contributed by atoms with Crippen molar-refractivity contribution in [1.82, 2.24) is 9.88 Å². The number of nitrogens with zero attached hydrogens (tertiary/aromatic N) is 2. The van der Waals surface area contributed by atoms with Gasteiger partial charge in [0.25, 0.3) is 0 Å². The first-order chi connectivity index (χ1) is 9.66. The van der Waals surface area contributed by atoms with Gasteiger partial charge in [0.05, 0.1) is 16.8 Å². The average Bonchev–Trinajstić information content (AvgIpc) is 2.92. The van der Waals surface area contributed by atoms with E-state index in [0.29, 0.717) is 11.6 Å². The Morgan fingerprint density at radius 1 is 1.45 bits per heavy atom. The van der Waals surface area contributed by atoms with E-state index in [9.17, 15) is 0 Å². The maximum absolute atomic E-state index is 5.76. The van der Waals surface area contributed by atoms with Crippen LogP contribution in [0.25, 0.3) is 0 Å². The second-order valence-electron chi connectivity index (χ2n) is 4.43. The van der Waals surface area contributed by atoms with Gasteiger partial charge in [-0.3, -0.25) is 4.90 Å². The van der Waals surface area contributed by atoms with Crippen LogP contribution < -0.4 is 10.5 Å². The van der Waals surface area contributed by atoms with Crippen molar-refractivity contribution in [2.45, 2.75) is 6.54 Å². The molecule has 1 heterocycles. The molecule has 0 saturated carbocycles. The zero-order valence-electron chi connectivity index (χ0n) is 11.3. The van der Waals surface area contributed by atoms with Crippen LogP contribution in [-0.2, 0) is 6.54 Å². The quantitative estimate of drug-likeness (QED) is 0.795. The van der Waals surface area contributed by atoms with Crippen LogP contribution in [0.5, 0.6) is 5.75 Å². The zero-order chi connectivity index (χ0) is 14.4. The smallest absolute Gasteiger partial charge is 0.129 e. The fourth-order valence-electron chi connectivity index (χ4n) is 1.78. The molecule has 0 bridgehead atoms. The highest BCUT2D eigenvalue weighted by Crippen LogP contribution is 2.17. The van der Waals surface area contributed by atoms with E-state index in [1.807, 2.05) is 36.8 Å². The zero-order valence-corrected chi connectivity index (χ0v) is 12.9. The number of thiazole rings is 1. The first-order valence-electron chi connectivity index (χ1n) is 6.24. The Hall–Kier alpha value is -1.50. The van der Waals surface area contributed by atoms with Gasteiger partial charge >= 0.3 is 0 Å². The van der Waals surface area contributed by atoms with Gasteiger partial charge in [-0.1, -0.05) is 24.4 Å². The van der Waals surface area contributed by atoms with E-state index < -0.39 is 0 Å². The number of rotatable bonds is 7. The van der Waals surface area contributed by atoms with E-state index in [1.165, 1.54) is 0 Å². The number of benzene rings is 1. The molecule has 0 unspecified atom stereocenters. The van der Waals surface area contributed by atoms with Gasteiger partial charge in [-0.25, -0.2) is 4.98 Å². The third-order valence-electron chi connectivity index (χ3n) is 2.80. The highest BCUT2D eigenvalue weighted by Gasteiger charge is 2.06. The summed E-state index contributed by atoms with van der Waals surface area (Å²) >= 11 is 6.62. The molecule has 0 atom stereocenters. The van der Waals surface area contributed by atoms with Gasteiger partial charge < -0.3 is 10.5 Å². The van der Waals surface area contributed by atoms with Crippen molar-refractivity contribution in [3.8, 4) is 5.75 Å². The Kier molecular flexibility index (Phi) is 5.46. The second-order valence-corrected chi connectivity index (χ2v) is 5.58. The number of hydrogen-bond acceptors (Lipinski definition) is 5. The minimum Gasteiger partial charge on any atom is -0.492 e. The molecule has 1 aromatic heterocycles. The molecule has 0 aliphatic carbocycles. The van der Waals surface area contributed by atoms with Gasteiger partial charge in [-0.05, 0) is 19.2 Å². The molecule has 0 amide bonds. The number of aromatic nitrogens is 1. The van der Waals surface area contributed by atoms with E-state index in [1.54, 1.807) is 11.3 Å². The van der Waals surface area contributed by atoms with Crippen LogP contribution in [0.3, 0.4) is 0 Å². The van der Waals surface area contributed by atoms with E-state index >= 15 is 0 Å². The molecule has 2 aromatic rings. The number of ether oxygens (including phenoxy) is 1. The summed E-state index contributed by atoms with van der Waals surface area (Å²) in [6.07, 6.45) is 0. The number of para-hydroxylation sites is 1. The molecule has 1 aromatic carbocycles. The molecular weight excluding hydrogens is 290 g/mol. The summed E-state index contributed by atoms with van der Waals surface area (Å²) in [7, 11) is 2.04. The van der Waals surface area contributed by atoms with Crippen LogP contribution in [0, 0.1) is 0 Å². The Bertz CT molecular complexity index is 557. The highest BCUT2D eigenvalue weighted by molar-refractivity contribution is 7.80. The van der Waals surface area contributed by atoms with Crippen LogP contribution in [-0.4, -0.2) is 35.1 Å². The Morgan fingerprint density at radius 3 is 2.95 bits per heavy atom. The number of thiocarbonyl (C=S) groups is 1. The maximum Gasteiger partial charge on any atom is 0.129 e. The van der Waals surface area contributed by atoms with E-state index in [0.717, 1.165) is 30.1 Å². The first-order valence-corrected chi connectivity index (χ1v) is 7.59. The third kappa shape index (κ3) is 4.26. The summed E-state index contributed by atoms with van der Waals surface area (Å²) in [5, 5.41) is 2.06. The summed E-state index contributed by atoms with van der Waals surface area (Å²) in [4.78, 5) is 6.79. The summed E-state index contributed by atoms with van der Waals surface area (Å²) in [5.41, 5.74) is 9.38. The molecule has 0 aliphatic rings. The minimum atomic E-state index is 0.358. The van der Waals surface area contributed by atoms with Crippen molar-refractivity contribution in [2.24, 2.45) is 5.73 Å². The fraction of sp³-hybridized carbons (Fsp3) is 0.286. The van der Waals surface area contributed by atoms with E-state index in [4.69, 9.17) is 22.7 Å². The lowest BCUT2D eigenvalue weighted by Crippen LogP contribution is -2.24. The molecule has 0 radical (unpaired) electrons. The van der Waals surface area contributed by atoms with Gasteiger partial charge in [-0.15, -0.1) is 11.3 Å². The third-order valence-corrected chi connectivity index (χ3v) is 3.65. The molecule has 0 fully saturated rings. The number of likely N-dealkylation sites (N-methyl/N-ethyl adjacent to an activating group) is 1. The van der Waals surface area contributed by atoms with Crippen molar-refractivity contribution in [1.29, 1.82) is 0 Å². The van der Waals surface area contributed by atoms with Crippen molar-refractivity contribution >= 4 is 28.5 Å². The average molecular weight is 307 g/mol. The highest BCUT2D eigenvalue weighted by atomic mass is 32.1. The van der Waals surface area contributed by atoms with Gasteiger partial charge in [0.15, 0.2) is 0 Å². The SMILES string of the molecule is CN(CCOc1ccccc1C(N)=S)Cc1cscn1. The van der Waals surface area contributed by atoms with Crippen LogP contribution in [0.1, 0.15) is 11.3 Å². The Morgan fingerprint density at radius 2 is 2.25 bits per heavy atom. The van der Waals surface area contributed by atoms with Gasteiger partial charge in [-0.2, -0.15) is 0 Å². The number of hydrogen-bond donors (Lipinski definition) is 1. The lowest BCUT2D eigenvalue weighted by Gasteiger charge is -2.16. The first kappa shape index (κ1) is 14.9. The largest absolute Gasteiger partial charge is 0.492 e. The fourth-order valence-corrected chi connectivity index (χ4v) is 2.50. The molecule has 6 heteroatoms. The van der Waals surface area contributed by atoms with E-state index in [2.05, 4.69) is 15.3 Å². The summed E-state index contributed by atoms with van der Waals surface area (Å²) < 4.78 is 5.76. The number of nitrogens with two attached hydrogens (primary N) is 1. The molecule has 4 nitrogen and oxygen atoms in total.